The lowest BCUT2D eigenvalue weighted by Gasteiger charge is -2.29. The zero-order valence-electron chi connectivity index (χ0n) is 14.6. The van der Waals surface area contributed by atoms with Crippen LogP contribution in [0.1, 0.15) is 20.3 Å². The number of anilines is 2. The van der Waals surface area contributed by atoms with Gasteiger partial charge in [-0.1, -0.05) is 13.8 Å². The Kier molecular flexibility index (Phi) is 7.77. The van der Waals surface area contributed by atoms with E-state index < -0.39 is 0 Å². The third-order valence-electron chi connectivity index (χ3n) is 3.55. The molecule has 2 N–H and O–H groups in total. The number of nitrogens with one attached hydrogen (secondary N) is 2. The fourth-order valence-electron chi connectivity index (χ4n) is 2.38. The van der Waals surface area contributed by atoms with Gasteiger partial charge in [-0.25, -0.2) is 9.78 Å². The molecule has 2 amide bonds. The molecule has 0 spiro atoms. The first-order chi connectivity index (χ1) is 11.7. The standard InChI is InChI=1S/C17H28N4O3/c1-14(2)13-24-10-4-7-19-17(22)20-15-5-3-6-18-16(15)21-8-11-23-12-9-21/h3,5-6,14H,4,7-13H2,1-2H3,(H2,19,20,22). The summed E-state index contributed by atoms with van der Waals surface area (Å²) in [5.74, 6) is 1.32. The molecule has 1 fully saturated rings. The number of amides is 2. The molecule has 0 bridgehead atoms. The Morgan fingerprint density at radius 1 is 1.42 bits per heavy atom. The van der Waals surface area contributed by atoms with Gasteiger partial charge >= 0.3 is 6.03 Å². The number of carbonyl (C=O) groups excluding carboxylic acids is 1. The minimum Gasteiger partial charge on any atom is -0.381 e. The maximum Gasteiger partial charge on any atom is 0.319 e. The number of urea groups is 1. The van der Waals surface area contributed by atoms with Gasteiger partial charge in [0.1, 0.15) is 0 Å². The molecule has 7 nitrogen and oxygen atoms in total. The average Bonchev–Trinajstić information content (AvgIpc) is 2.59. The fraction of sp³-hybridized carbons (Fsp3) is 0.647. The van der Waals surface area contributed by atoms with Gasteiger partial charge in [0.15, 0.2) is 5.82 Å². The lowest BCUT2D eigenvalue weighted by molar-refractivity contribution is 0.108. The van der Waals surface area contributed by atoms with Crippen LogP contribution in [0.3, 0.4) is 0 Å². The lowest BCUT2D eigenvalue weighted by Crippen LogP contribution is -2.38. The van der Waals surface area contributed by atoms with Gasteiger partial charge in [0.05, 0.1) is 18.9 Å². The Morgan fingerprint density at radius 3 is 2.96 bits per heavy atom. The van der Waals surface area contributed by atoms with Crippen LogP contribution in [0.5, 0.6) is 0 Å². The molecule has 134 valence electrons. The van der Waals surface area contributed by atoms with Crippen molar-refractivity contribution in [1.82, 2.24) is 10.3 Å². The maximum absolute atomic E-state index is 12.1. The largest absolute Gasteiger partial charge is 0.381 e. The number of ether oxygens (including phenoxy) is 2. The maximum atomic E-state index is 12.1. The molecule has 24 heavy (non-hydrogen) atoms. The zero-order valence-corrected chi connectivity index (χ0v) is 14.6. The van der Waals surface area contributed by atoms with Gasteiger partial charge in [-0.3, -0.25) is 0 Å². The molecule has 7 heteroatoms. The Morgan fingerprint density at radius 2 is 2.21 bits per heavy atom. The number of rotatable bonds is 8. The molecule has 0 radical (unpaired) electrons. The molecule has 0 aromatic carbocycles. The van der Waals surface area contributed by atoms with Gasteiger partial charge in [-0.2, -0.15) is 0 Å². The Balaban J connectivity index is 1.75. The second-order valence-corrected chi connectivity index (χ2v) is 6.18. The van der Waals surface area contributed by atoms with Crippen LogP contribution in [-0.2, 0) is 9.47 Å². The Hall–Kier alpha value is -1.86. The van der Waals surface area contributed by atoms with Gasteiger partial charge in [0.25, 0.3) is 0 Å². The van der Waals surface area contributed by atoms with Crippen molar-refractivity contribution >= 4 is 17.5 Å². The van der Waals surface area contributed by atoms with Gasteiger partial charge in [0.2, 0.25) is 0 Å². The molecule has 2 rings (SSSR count). The summed E-state index contributed by atoms with van der Waals surface area (Å²) in [7, 11) is 0. The summed E-state index contributed by atoms with van der Waals surface area (Å²) in [4.78, 5) is 18.6. The van der Waals surface area contributed by atoms with E-state index in [1.807, 2.05) is 12.1 Å². The summed E-state index contributed by atoms with van der Waals surface area (Å²) in [6.07, 6.45) is 2.53. The van der Waals surface area contributed by atoms with Gasteiger partial charge in [-0.05, 0) is 24.5 Å². The zero-order chi connectivity index (χ0) is 17.2. The molecule has 2 heterocycles. The minimum atomic E-state index is -0.221. The Labute approximate surface area is 143 Å². The van der Waals surface area contributed by atoms with Crippen molar-refractivity contribution in [3.63, 3.8) is 0 Å². The molecule has 0 atom stereocenters. The van der Waals surface area contributed by atoms with Crippen molar-refractivity contribution in [1.29, 1.82) is 0 Å². The van der Waals surface area contributed by atoms with Crippen LogP contribution in [0.15, 0.2) is 18.3 Å². The summed E-state index contributed by atoms with van der Waals surface area (Å²) in [5.41, 5.74) is 0.716. The van der Waals surface area contributed by atoms with E-state index in [9.17, 15) is 4.79 Å². The summed E-state index contributed by atoms with van der Waals surface area (Å²) in [6, 6.07) is 3.46. The highest BCUT2D eigenvalue weighted by molar-refractivity contribution is 5.92. The number of morpholine rings is 1. The number of hydrogen-bond donors (Lipinski definition) is 2. The van der Waals surface area contributed by atoms with E-state index in [1.165, 1.54) is 0 Å². The van der Waals surface area contributed by atoms with Gasteiger partial charge < -0.3 is 25.0 Å². The van der Waals surface area contributed by atoms with Crippen molar-refractivity contribution in [2.24, 2.45) is 5.92 Å². The minimum absolute atomic E-state index is 0.221. The molecule has 1 aromatic rings. The van der Waals surface area contributed by atoms with E-state index in [0.29, 0.717) is 38.0 Å². The molecule has 1 aliphatic heterocycles. The van der Waals surface area contributed by atoms with E-state index in [4.69, 9.17) is 9.47 Å². The van der Waals surface area contributed by atoms with E-state index in [1.54, 1.807) is 6.20 Å². The smallest absolute Gasteiger partial charge is 0.319 e. The summed E-state index contributed by atoms with van der Waals surface area (Å²) < 4.78 is 10.9. The first-order valence-electron chi connectivity index (χ1n) is 8.57. The first-order valence-corrected chi connectivity index (χ1v) is 8.57. The number of nitrogens with zero attached hydrogens (tertiary/aromatic N) is 2. The highest BCUT2D eigenvalue weighted by Crippen LogP contribution is 2.23. The summed E-state index contributed by atoms with van der Waals surface area (Å²) in [6.45, 7) is 9.14. The third kappa shape index (κ3) is 6.33. The first kappa shape index (κ1) is 18.5. The number of hydrogen-bond acceptors (Lipinski definition) is 5. The van der Waals surface area contributed by atoms with Crippen LogP contribution >= 0.6 is 0 Å². The van der Waals surface area contributed by atoms with E-state index in [-0.39, 0.29) is 6.03 Å². The predicted octanol–water partition coefficient (Wildman–Crippen LogP) is 2.10. The molecule has 0 saturated carbocycles. The van der Waals surface area contributed by atoms with Crippen LogP contribution in [0.4, 0.5) is 16.3 Å². The van der Waals surface area contributed by atoms with E-state index in [2.05, 4.69) is 34.4 Å². The van der Waals surface area contributed by atoms with Crippen molar-refractivity contribution in [2.75, 3.05) is 56.3 Å². The molecule has 0 unspecified atom stereocenters. The van der Waals surface area contributed by atoms with Crippen molar-refractivity contribution in [3.05, 3.63) is 18.3 Å². The van der Waals surface area contributed by atoms with Crippen LogP contribution in [0.25, 0.3) is 0 Å². The SMILES string of the molecule is CC(C)COCCCNC(=O)Nc1cccnc1N1CCOCC1. The lowest BCUT2D eigenvalue weighted by atomic mass is 10.2. The van der Waals surface area contributed by atoms with Crippen LogP contribution in [-0.4, -0.2) is 57.1 Å². The van der Waals surface area contributed by atoms with Crippen molar-refractivity contribution in [2.45, 2.75) is 20.3 Å². The predicted molar refractivity (Wildman–Crippen MR) is 94.6 cm³/mol. The van der Waals surface area contributed by atoms with E-state index in [0.717, 1.165) is 31.9 Å². The molecule has 1 aromatic heterocycles. The molecular formula is C17H28N4O3. The molecule has 1 saturated heterocycles. The molecular weight excluding hydrogens is 308 g/mol. The normalized spacial score (nSPS) is 14.7. The number of aromatic nitrogens is 1. The van der Waals surface area contributed by atoms with Crippen molar-refractivity contribution in [3.8, 4) is 0 Å². The highest BCUT2D eigenvalue weighted by atomic mass is 16.5. The van der Waals surface area contributed by atoms with E-state index >= 15 is 0 Å². The fourth-order valence-corrected chi connectivity index (χ4v) is 2.38. The topological polar surface area (TPSA) is 75.7 Å². The quantitative estimate of drug-likeness (QED) is 0.711. The van der Waals surface area contributed by atoms with Gasteiger partial charge in [0, 0.05) is 39.0 Å². The Bertz CT molecular complexity index is 504. The van der Waals surface area contributed by atoms with Gasteiger partial charge in [-0.15, -0.1) is 0 Å². The van der Waals surface area contributed by atoms with Crippen LogP contribution < -0.4 is 15.5 Å². The molecule has 1 aliphatic rings. The average molecular weight is 336 g/mol. The highest BCUT2D eigenvalue weighted by Gasteiger charge is 2.16. The summed E-state index contributed by atoms with van der Waals surface area (Å²) in [5, 5.41) is 5.73. The second-order valence-electron chi connectivity index (χ2n) is 6.18. The molecule has 0 aliphatic carbocycles. The third-order valence-corrected chi connectivity index (χ3v) is 3.55. The van der Waals surface area contributed by atoms with Crippen LogP contribution in [0.2, 0.25) is 0 Å². The summed E-state index contributed by atoms with van der Waals surface area (Å²) >= 11 is 0. The monoisotopic (exact) mass is 336 g/mol. The van der Waals surface area contributed by atoms with Crippen molar-refractivity contribution < 1.29 is 14.3 Å². The van der Waals surface area contributed by atoms with Crippen LogP contribution in [0, 0.1) is 5.92 Å². The second kappa shape index (κ2) is 10.1. The number of carbonyl (C=O) groups is 1. The number of pyridine rings is 1.